The van der Waals surface area contributed by atoms with Gasteiger partial charge >= 0.3 is 5.97 Å². The van der Waals surface area contributed by atoms with Gasteiger partial charge in [0.1, 0.15) is 6.61 Å². The highest BCUT2D eigenvalue weighted by molar-refractivity contribution is 6.03. The third kappa shape index (κ3) is 3.60. The van der Waals surface area contributed by atoms with Crippen LogP contribution in [0.5, 0.6) is 0 Å². The van der Waals surface area contributed by atoms with E-state index in [0.717, 1.165) is 5.56 Å². The Balaban J connectivity index is 2.17. The second kappa shape index (κ2) is 6.56. The highest BCUT2D eigenvalue weighted by Crippen LogP contribution is 2.18. The number of ether oxygens (including phenoxy) is 1. The Hall–Kier alpha value is -2.82. The molecule has 108 valence electrons. The summed E-state index contributed by atoms with van der Waals surface area (Å²) in [6, 6.07) is 8.14. The Morgan fingerprint density at radius 3 is 2.86 bits per heavy atom. The van der Waals surface area contributed by atoms with Crippen LogP contribution in [-0.2, 0) is 4.74 Å². The minimum atomic E-state index is -0.469. The molecule has 0 aliphatic carbocycles. The first-order valence-electron chi connectivity index (χ1n) is 6.35. The molecule has 5 nitrogen and oxygen atoms in total. The van der Waals surface area contributed by atoms with Gasteiger partial charge in [-0.15, -0.1) is 0 Å². The van der Waals surface area contributed by atoms with Gasteiger partial charge in [-0.2, -0.15) is 0 Å². The standard InChI is InChI=1S/C16H15NO4/c1-3-8-21-16(19)12-7-6-11(2)13(10-12)17-15(18)14-5-4-9-20-14/h3-7,9-10H,1,8H2,2H3,(H,17,18). The van der Waals surface area contributed by atoms with Gasteiger partial charge < -0.3 is 14.5 Å². The van der Waals surface area contributed by atoms with E-state index in [1.54, 1.807) is 30.3 Å². The minimum absolute atomic E-state index is 0.140. The number of anilines is 1. The predicted octanol–water partition coefficient (Wildman–Crippen LogP) is 3.18. The monoisotopic (exact) mass is 285 g/mol. The number of hydrogen-bond acceptors (Lipinski definition) is 4. The lowest BCUT2D eigenvalue weighted by molar-refractivity contribution is 0.0549. The second-order valence-corrected chi connectivity index (χ2v) is 4.35. The molecule has 0 aliphatic heterocycles. The molecule has 1 aromatic carbocycles. The smallest absolute Gasteiger partial charge is 0.338 e. The van der Waals surface area contributed by atoms with Crippen LogP contribution in [0.25, 0.3) is 0 Å². The summed E-state index contributed by atoms with van der Waals surface area (Å²) >= 11 is 0. The predicted molar refractivity (Wildman–Crippen MR) is 78.3 cm³/mol. The fraction of sp³-hybridized carbons (Fsp3) is 0.125. The molecular weight excluding hydrogens is 270 g/mol. The molecule has 0 atom stereocenters. The number of furan rings is 1. The van der Waals surface area contributed by atoms with Crippen LogP contribution in [0.15, 0.2) is 53.7 Å². The van der Waals surface area contributed by atoms with Gasteiger partial charge in [-0.25, -0.2) is 4.79 Å². The molecular formula is C16H15NO4. The average molecular weight is 285 g/mol. The number of carbonyl (C=O) groups is 2. The van der Waals surface area contributed by atoms with Crippen LogP contribution in [0.4, 0.5) is 5.69 Å². The van der Waals surface area contributed by atoms with Crippen LogP contribution in [0.2, 0.25) is 0 Å². The van der Waals surface area contributed by atoms with E-state index in [9.17, 15) is 9.59 Å². The van der Waals surface area contributed by atoms with Gasteiger partial charge in [0.2, 0.25) is 0 Å². The van der Waals surface area contributed by atoms with Crippen molar-refractivity contribution in [1.29, 1.82) is 0 Å². The number of nitrogens with one attached hydrogen (secondary N) is 1. The van der Waals surface area contributed by atoms with Crippen LogP contribution in [0.3, 0.4) is 0 Å². The molecule has 1 amide bonds. The molecule has 0 aliphatic rings. The zero-order valence-corrected chi connectivity index (χ0v) is 11.6. The van der Waals surface area contributed by atoms with Gasteiger partial charge in [0.15, 0.2) is 5.76 Å². The van der Waals surface area contributed by atoms with Crippen molar-refractivity contribution in [3.63, 3.8) is 0 Å². The van der Waals surface area contributed by atoms with Gasteiger partial charge in [0.05, 0.1) is 11.8 Å². The van der Waals surface area contributed by atoms with Gasteiger partial charge in [-0.3, -0.25) is 4.79 Å². The lowest BCUT2D eigenvalue weighted by Gasteiger charge is -2.09. The Bertz CT molecular complexity index is 659. The van der Waals surface area contributed by atoms with E-state index in [0.29, 0.717) is 11.3 Å². The molecule has 0 saturated heterocycles. The summed E-state index contributed by atoms with van der Waals surface area (Å²) in [6.45, 7) is 5.45. The number of esters is 1. The van der Waals surface area contributed by atoms with E-state index in [1.165, 1.54) is 12.3 Å². The Morgan fingerprint density at radius 1 is 1.38 bits per heavy atom. The first-order valence-corrected chi connectivity index (χ1v) is 6.35. The third-order valence-electron chi connectivity index (χ3n) is 2.80. The normalized spacial score (nSPS) is 9.95. The van der Waals surface area contributed by atoms with E-state index in [2.05, 4.69) is 11.9 Å². The first kappa shape index (κ1) is 14.6. The molecule has 0 unspecified atom stereocenters. The fourth-order valence-corrected chi connectivity index (χ4v) is 1.69. The molecule has 0 fully saturated rings. The molecule has 0 spiro atoms. The van der Waals surface area contributed by atoms with E-state index in [1.807, 2.05) is 6.92 Å². The number of carbonyl (C=O) groups excluding carboxylic acids is 2. The number of amides is 1. The quantitative estimate of drug-likeness (QED) is 0.676. The average Bonchev–Trinajstić information content (AvgIpc) is 3.01. The van der Waals surface area contributed by atoms with Crippen molar-refractivity contribution < 1.29 is 18.7 Å². The van der Waals surface area contributed by atoms with Crippen molar-refractivity contribution in [2.24, 2.45) is 0 Å². The maximum absolute atomic E-state index is 11.9. The van der Waals surface area contributed by atoms with Crippen LogP contribution < -0.4 is 5.32 Å². The largest absolute Gasteiger partial charge is 0.459 e. The van der Waals surface area contributed by atoms with Gasteiger partial charge in [0, 0.05) is 5.69 Å². The van der Waals surface area contributed by atoms with Crippen molar-refractivity contribution in [1.82, 2.24) is 0 Å². The van der Waals surface area contributed by atoms with E-state index < -0.39 is 5.97 Å². The zero-order valence-electron chi connectivity index (χ0n) is 11.6. The van der Waals surface area contributed by atoms with Crippen molar-refractivity contribution in [3.8, 4) is 0 Å². The van der Waals surface area contributed by atoms with E-state index >= 15 is 0 Å². The van der Waals surface area contributed by atoms with Gasteiger partial charge in [-0.05, 0) is 36.8 Å². The topological polar surface area (TPSA) is 68.5 Å². The van der Waals surface area contributed by atoms with Crippen LogP contribution in [-0.4, -0.2) is 18.5 Å². The Morgan fingerprint density at radius 2 is 2.19 bits per heavy atom. The van der Waals surface area contributed by atoms with Crippen LogP contribution >= 0.6 is 0 Å². The summed E-state index contributed by atoms with van der Waals surface area (Å²) in [4.78, 5) is 23.7. The fourth-order valence-electron chi connectivity index (χ4n) is 1.69. The molecule has 21 heavy (non-hydrogen) atoms. The second-order valence-electron chi connectivity index (χ2n) is 4.35. The maximum atomic E-state index is 11.9. The summed E-state index contributed by atoms with van der Waals surface area (Å²) in [5.74, 6) is -0.642. The molecule has 0 radical (unpaired) electrons. The van der Waals surface area contributed by atoms with Crippen molar-refractivity contribution in [3.05, 3.63) is 66.1 Å². The molecule has 0 saturated carbocycles. The highest BCUT2D eigenvalue weighted by Gasteiger charge is 2.13. The van der Waals surface area contributed by atoms with Crippen molar-refractivity contribution >= 4 is 17.6 Å². The molecule has 1 heterocycles. The summed E-state index contributed by atoms with van der Waals surface area (Å²) in [5.41, 5.74) is 1.72. The first-order chi connectivity index (χ1) is 10.1. The summed E-state index contributed by atoms with van der Waals surface area (Å²) in [6.07, 6.45) is 2.91. The summed E-state index contributed by atoms with van der Waals surface area (Å²) in [5, 5.41) is 2.70. The maximum Gasteiger partial charge on any atom is 0.338 e. The van der Waals surface area contributed by atoms with Crippen LogP contribution in [0, 0.1) is 6.92 Å². The van der Waals surface area contributed by atoms with Crippen molar-refractivity contribution in [2.75, 3.05) is 11.9 Å². The number of hydrogen-bond donors (Lipinski definition) is 1. The molecule has 1 N–H and O–H groups in total. The van der Waals surface area contributed by atoms with Gasteiger partial charge in [0.25, 0.3) is 5.91 Å². The lowest BCUT2D eigenvalue weighted by Crippen LogP contribution is -2.13. The number of aryl methyl sites for hydroxylation is 1. The number of rotatable bonds is 5. The van der Waals surface area contributed by atoms with Crippen LogP contribution in [0.1, 0.15) is 26.5 Å². The van der Waals surface area contributed by atoms with E-state index in [4.69, 9.17) is 9.15 Å². The Labute approximate surface area is 122 Å². The number of benzene rings is 1. The van der Waals surface area contributed by atoms with Gasteiger partial charge in [-0.1, -0.05) is 18.7 Å². The third-order valence-corrected chi connectivity index (χ3v) is 2.80. The molecule has 5 heteroatoms. The molecule has 2 aromatic rings. The lowest BCUT2D eigenvalue weighted by atomic mass is 10.1. The molecule has 0 bridgehead atoms. The minimum Gasteiger partial charge on any atom is -0.459 e. The zero-order chi connectivity index (χ0) is 15.2. The summed E-state index contributed by atoms with van der Waals surface area (Å²) in [7, 11) is 0. The van der Waals surface area contributed by atoms with Crippen molar-refractivity contribution in [2.45, 2.75) is 6.92 Å². The molecule has 2 rings (SSSR count). The Kier molecular flexibility index (Phi) is 4.56. The SMILES string of the molecule is C=CCOC(=O)c1ccc(C)c(NC(=O)c2ccco2)c1. The van der Waals surface area contributed by atoms with E-state index in [-0.39, 0.29) is 18.3 Å². The summed E-state index contributed by atoms with van der Waals surface area (Å²) < 4.78 is 9.98. The highest BCUT2D eigenvalue weighted by atomic mass is 16.5. The molecule has 1 aromatic heterocycles.